The highest BCUT2D eigenvalue weighted by Crippen LogP contribution is 2.24. The Morgan fingerprint density at radius 2 is 2.17 bits per heavy atom. The third-order valence-electron chi connectivity index (χ3n) is 4.06. The van der Waals surface area contributed by atoms with Crippen LogP contribution in [0.5, 0.6) is 0 Å². The Morgan fingerprint density at radius 1 is 1.33 bits per heavy atom. The lowest BCUT2D eigenvalue weighted by atomic mass is 10.0. The van der Waals surface area contributed by atoms with E-state index < -0.39 is 0 Å². The molecule has 0 aromatic heterocycles. The summed E-state index contributed by atoms with van der Waals surface area (Å²) in [6.45, 7) is 4.37. The van der Waals surface area contributed by atoms with E-state index in [0.29, 0.717) is 6.04 Å². The Morgan fingerprint density at radius 3 is 2.94 bits per heavy atom. The molecule has 1 fully saturated rings. The van der Waals surface area contributed by atoms with E-state index in [9.17, 15) is 4.39 Å². The summed E-state index contributed by atoms with van der Waals surface area (Å²) in [6.07, 6.45) is 3.63. The van der Waals surface area contributed by atoms with Gasteiger partial charge in [0.25, 0.3) is 0 Å². The monoisotopic (exact) mass is 250 g/mol. The largest absolute Gasteiger partial charge is 0.317 e. The van der Waals surface area contributed by atoms with Gasteiger partial charge in [0.2, 0.25) is 0 Å². The molecule has 0 spiro atoms. The molecule has 18 heavy (non-hydrogen) atoms. The van der Waals surface area contributed by atoms with Crippen molar-refractivity contribution < 1.29 is 4.39 Å². The highest BCUT2D eigenvalue weighted by molar-refractivity contribution is 5.19. The highest BCUT2D eigenvalue weighted by Gasteiger charge is 2.21. The van der Waals surface area contributed by atoms with Crippen LogP contribution in [-0.4, -0.2) is 31.1 Å². The highest BCUT2D eigenvalue weighted by atomic mass is 19.1. The number of hydrogen-bond donors (Lipinski definition) is 1. The molecule has 0 aliphatic carbocycles. The molecule has 1 aliphatic rings. The maximum Gasteiger partial charge on any atom is 0.123 e. The van der Waals surface area contributed by atoms with Crippen molar-refractivity contribution in [1.29, 1.82) is 0 Å². The average molecular weight is 250 g/mol. The zero-order valence-corrected chi connectivity index (χ0v) is 11.3. The smallest absolute Gasteiger partial charge is 0.123 e. The van der Waals surface area contributed by atoms with E-state index in [1.54, 1.807) is 12.1 Å². The Labute approximate surface area is 109 Å². The zero-order chi connectivity index (χ0) is 13.0. The molecule has 2 rings (SSSR count). The molecule has 2 nitrogen and oxygen atoms in total. The molecule has 0 bridgehead atoms. The molecule has 2 atom stereocenters. The molecular weight excluding hydrogens is 227 g/mol. The van der Waals surface area contributed by atoms with Gasteiger partial charge in [-0.3, -0.25) is 4.90 Å². The predicted molar refractivity (Wildman–Crippen MR) is 73.1 cm³/mol. The first-order valence-corrected chi connectivity index (χ1v) is 6.86. The lowest BCUT2D eigenvalue weighted by Crippen LogP contribution is -2.34. The second kappa shape index (κ2) is 6.30. The summed E-state index contributed by atoms with van der Waals surface area (Å²) < 4.78 is 13.3. The fourth-order valence-electron chi connectivity index (χ4n) is 2.73. The van der Waals surface area contributed by atoms with E-state index in [1.807, 2.05) is 6.07 Å². The minimum absolute atomic E-state index is 0.143. The predicted octanol–water partition coefficient (Wildman–Crippen LogP) is 2.96. The molecule has 1 N–H and O–H groups in total. The normalized spacial score (nSPS) is 22.8. The molecule has 1 saturated heterocycles. The molecule has 1 aliphatic heterocycles. The molecule has 2 unspecified atom stereocenters. The summed E-state index contributed by atoms with van der Waals surface area (Å²) in [5.74, 6) is -0.143. The quantitative estimate of drug-likeness (QED) is 0.887. The topological polar surface area (TPSA) is 15.3 Å². The van der Waals surface area contributed by atoms with Crippen molar-refractivity contribution in [1.82, 2.24) is 10.2 Å². The zero-order valence-electron chi connectivity index (χ0n) is 11.3. The Kier molecular flexibility index (Phi) is 4.72. The van der Waals surface area contributed by atoms with E-state index in [0.717, 1.165) is 18.7 Å². The molecule has 1 aromatic carbocycles. The second-order valence-electron chi connectivity index (χ2n) is 5.23. The van der Waals surface area contributed by atoms with Gasteiger partial charge in [-0.15, -0.1) is 0 Å². The lowest BCUT2D eigenvalue weighted by molar-refractivity contribution is 0.171. The van der Waals surface area contributed by atoms with Crippen LogP contribution < -0.4 is 5.32 Å². The molecule has 0 radical (unpaired) electrons. The van der Waals surface area contributed by atoms with Gasteiger partial charge in [0.1, 0.15) is 5.82 Å². The summed E-state index contributed by atoms with van der Waals surface area (Å²) in [5.41, 5.74) is 1.06. The molecule has 0 amide bonds. The third-order valence-corrected chi connectivity index (χ3v) is 4.06. The van der Waals surface area contributed by atoms with Gasteiger partial charge in [0, 0.05) is 12.1 Å². The van der Waals surface area contributed by atoms with Crippen LogP contribution in [0.1, 0.15) is 37.8 Å². The van der Waals surface area contributed by atoms with Crippen molar-refractivity contribution in [3.8, 4) is 0 Å². The van der Waals surface area contributed by atoms with Gasteiger partial charge in [-0.2, -0.15) is 0 Å². The van der Waals surface area contributed by atoms with Crippen molar-refractivity contribution >= 4 is 0 Å². The Balaban J connectivity index is 2.05. The molecule has 0 saturated carbocycles. The SMILES string of the molecule is CC(c1cccc(F)c1)N(C)C1CCCNCC1. The summed E-state index contributed by atoms with van der Waals surface area (Å²) >= 11 is 0. The Hall–Kier alpha value is -0.930. The summed E-state index contributed by atoms with van der Waals surface area (Å²) in [5, 5.41) is 3.43. The maximum atomic E-state index is 13.3. The van der Waals surface area contributed by atoms with Gasteiger partial charge < -0.3 is 5.32 Å². The molecule has 100 valence electrons. The van der Waals surface area contributed by atoms with Crippen LogP contribution >= 0.6 is 0 Å². The molecule has 3 heteroatoms. The van der Waals surface area contributed by atoms with Gasteiger partial charge >= 0.3 is 0 Å². The van der Waals surface area contributed by atoms with E-state index in [2.05, 4.69) is 24.2 Å². The number of nitrogens with zero attached hydrogens (tertiary/aromatic N) is 1. The standard InChI is InChI=1S/C15H23FN2/c1-12(13-5-3-6-14(16)11-13)18(2)15-7-4-9-17-10-8-15/h3,5-6,11-12,15,17H,4,7-10H2,1-2H3. The molecular formula is C15H23FN2. The molecule has 1 aromatic rings. The van der Waals surface area contributed by atoms with Crippen molar-refractivity contribution in [2.45, 2.75) is 38.3 Å². The number of nitrogens with one attached hydrogen (secondary N) is 1. The van der Waals surface area contributed by atoms with Gasteiger partial charge in [-0.25, -0.2) is 4.39 Å². The van der Waals surface area contributed by atoms with Crippen LogP contribution in [-0.2, 0) is 0 Å². The summed E-state index contributed by atoms with van der Waals surface area (Å²) in [4.78, 5) is 2.39. The van der Waals surface area contributed by atoms with Gasteiger partial charge in [-0.1, -0.05) is 12.1 Å². The van der Waals surface area contributed by atoms with E-state index in [1.165, 1.54) is 25.3 Å². The summed E-state index contributed by atoms with van der Waals surface area (Å²) in [7, 11) is 2.16. The minimum Gasteiger partial charge on any atom is -0.317 e. The number of hydrogen-bond acceptors (Lipinski definition) is 2. The first kappa shape index (κ1) is 13.5. The Bertz CT molecular complexity index is 373. The van der Waals surface area contributed by atoms with Gasteiger partial charge in [0.15, 0.2) is 0 Å². The van der Waals surface area contributed by atoms with Crippen LogP contribution in [0.15, 0.2) is 24.3 Å². The first-order valence-electron chi connectivity index (χ1n) is 6.86. The van der Waals surface area contributed by atoms with Crippen LogP contribution in [0.3, 0.4) is 0 Å². The third kappa shape index (κ3) is 3.30. The number of halogens is 1. The van der Waals surface area contributed by atoms with Crippen molar-refractivity contribution in [2.75, 3.05) is 20.1 Å². The van der Waals surface area contributed by atoms with Gasteiger partial charge in [0.05, 0.1) is 0 Å². The number of rotatable bonds is 3. The minimum atomic E-state index is -0.143. The van der Waals surface area contributed by atoms with Crippen molar-refractivity contribution in [2.24, 2.45) is 0 Å². The number of benzene rings is 1. The lowest BCUT2D eigenvalue weighted by Gasteiger charge is -2.32. The van der Waals surface area contributed by atoms with Crippen LogP contribution in [0.4, 0.5) is 4.39 Å². The van der Waals surface area contributed by atoms with Gasteiger partial charge in [-0.05, 0) is 64.0 Å². The van der Waals surface area contributed by atoms with E-state index in [4.69, 9.17) is 0 Å². The van der Waals surface area contributed by atoms with Crippen LogP contribution in [0.25, 0.3) is 0 Å². The average Bonchev–Trinajstić information content (AvgIpc) is 2.66. The summed E-state index contributed by atoms with van der Waals surface area (Å²) in [6, 6.07) is 7.83. The first-order chi connectivity index (χ1) is 8.68. The fourth-order valence-corrected chi connectivity index (χ4v) is 2.73. The van der Waals surface area contributed by atoms with Crippen LogP contribution in [0, 0.1) is 5.82 Å². The van der Waals surface area contributed by atoms with Crippen molar-refractivity contribution in [3.63, 3.8) is 0 Å². The second-order valence-corrected chi connectivity index (χ2v) is 5.23. The van der Waals surface area contributed by atoms with E-state index >= 15 is 0 Å². The van der Waals surface area contributed by atoms with Crippen molar-refractivity contribution in [3.05, 3.63) is 35.6 Å². The van der Waals surface area contributed by atoms with E-state index in [-0.39, 0.29) is 11.9 Å². The fraction of sp³-hybridized carbons (Fsp3) is 0.600. The molecule has 1 heterocycles. The maximum absolute atomic E-state index is 13.3. The van der Waals surface area contributed by atoms with Crippen LogP contribution in [0.2, 0.25) is 0 Å².